The van der Waals surface area contributed by atoms with Crippen LogP contribution >= 0.6 is 0 Å². The summed E-state index contributed by atoms with van der Waals surface area (Å²) in [6.45, 7) is 0. The Balaban J connectivity index is 1.50. The van der Waals surface area contributed by atoms with Gasteiger partial charge in [-0.1, -0.05) is 18.2 Å². The van der Waals surface area contributed by atoms with Crippen molar-refractivity contribution in [2.45, 2.75) is 12.5 Å². The molecule has 0 radical (unpaired) electrons. The second-order valence-electron chi connectivity index (χ2n) is 7.58. The van der Waals surface area contributed by atoms with Gasteiger partial charge in [0.1, 0.15) is 22.9 Å². The molecule has 2 aromatic carbocycles. The van der Waals surface area contributed by atoms with Crippen LogP contribution in [-0.2, 0) is 0 Å². The van der Waals surface area contributed by atoms with Gasteiger partial charge in [-0.3, -0.25) is 9.80 Å². The molecule has 4 heterocycles. The Morgan fingerprint density at radius 1 is 1.03 bits per heavy atom. The van der Waals surface area contributed by atoms with Crippen molar-refractivity contribution in [1.29, 1.82) is 0 Å². The van der Waals surface area contributed by atoms with Crippen molar-refractivity contribution in [2.75, 3.05) is 5.01 Å². The topological polar surface area (TPSA) is 81.5 Å². The molecule has 0 N–H and O–H groups in total. The molecule has 0 amide bonds. The molecule has 3 aromatic heterocycles. The number of nitrogens with zero attached hydrogens (tertiary/aromatic N) is 6. The van der Waals surface area contributed by atoms with Gasteiger partial charge in [-0.15, -0.1) is 0 Å². The van der Waals surface area contributed by atoms with Crippen molar-refractivity contribution < 1.29 is 8.81 Å². The molecule has 5 aromatic rings. The van der Waals surface area contributed by atoms with Crippen molar-refractivity contribution in [3.63, 3.8) is 0 Å². The van der Waals surface area contributed by atoms with Crippen molar-refractivity contribution in [3.8, 4) is 11.4 Å². The van der Waals surface area contributed by atoms with Gasteiger partial charge in [0.05, 0.1) is 17.6 Å². The maximum Gasteiger partial charge on any atom is 0.248 e. The van der Waals surface area contributed by atoms with Gasteiger partial charge in [-0.25, -0.2) is 13.8 Å². The Kier molecular flexibility index (Phi) is 4.39. The third kappa shape index (κ3) is 3.13. The molecule has 9 heteroatoms. The Morgan fingerprint density at radius 3 is 2.70 bits per heavy atom. The largest absolute Gasteiger partial charge is 0.458 e. The van der Waals surface area contributed by atoms with Crippen LogP contribution in [0, 0.1) is 5.82 Å². The van der Waals surface area contributed by atoms with Gasteiger partial charge in [0.2, 0.25) is 11.0 Å². The molecule has 1 unspecified atom stereocenters. The molecule has 0 saturated heterocycles. The summed E-state index contributed by atoms with van der Waals surface area (Å²) < 4.78 is 23.8. The fourth-order valence-electron chi connectivity index (χ4n) is 4.07. The Morgan fingerprint density at radius 2 is 1.91 bits per heavy atom. The van der Waals surface area contributed by atoms with Crippen LogP contribution < -0.4 is 10.4 Å². The lowest BCUT2D eigenvalue weighted by molar-refractivity contribution is 0.588. The molecule has 1 aliphatic heterocycles. The first kappa shape index (κ1) is 19.2. The van der Waals surface area contributed by atoms with Crippen LogP contribution in [0.25, 0.3) is 22.5 Å². The highest BCUT2D eigenvalue weighted by Crippen LogP contribution is 2.32. The van der Waals surface area contributed by atoms with Crippen LogP contribution in [0.3, 0.4) is 0 Å². The number of hydrazone groups is 1. The van der Waals surface area contributed by atoms with Gasteiger partial charge >= 0.3 is 0 Å². The highest BCUT2D eigenvalue weighted by Gasteiger charge is 2.30. The average molecular weight is 440 g/mol. The quantitative estimate of drug-likeness (QED) is 0.418. The van der Waals surface area contributed by atoms with E-state index in [2.05, 4.69) is 15.3 Å². The fraction of sp³-hybridized carbons (Fsp3) is 0.0833. The Labute approximate surface area is 186 Å². The molecule has 0 saturated carbocycles. The van der Waals surface area contributed by atoms with E-state index in [4.69, 9.17) is 4.42 Å². The number of benzene rings is 2. The average Bonchev–Trinajstić information content (AvgIpc) is 3.62. The van der Waals surface area contributed by atoms with E-state index in [1.54, 1.807) is 52.6 Å². The molecular formula is C24H17FN6O2. The second-order valence-corrected chi connectivity index (χ2v) is 7.58. The SMILES string of the molecule is O=c1c(C2CC=NN2c2ccccc2)nn(-c2ccc(-n3cccn3)cc2F)c2ccoc12. The summed E-state index contributed by atoms with van der Waals surface area (Å²) in [5.74, 6) is -0.504. The fourth-order valence-corrected chi connectivity index (χ4v) is 4.07. The number of hydrogen-bond donors (Lipinski definition) is 0. The van der Waals surface area contributed by atoms with Crippen molar-refractivity contribution in [1.82, 2.24) is 19.6 Å². The van der Waals surface area contributed by atoms with Crippen LogP contribution in [0.15, 0.2) is 93.6 Å². The van der Waals surface area contributed by atoms with Crippen LogP contribution in [0.2, 0.25) is 0 Å². The van der Waals surface area contributed by atoms with E-state index in [1.807, 2.05) is 30.3 Å². The lowest BCUT2D eigenvalue weighted by atomic mass is 10.1. The van der Waals surface area contributed by atoms with Crippen molar-refractivity contribution in [2.24, 2.45) is 5.10 Å². The standard InChI is InChI=1S/C24H17FN6O2/c25-18-15-17(29-13-4-11-26-29)7-8-19(18)31-21-10-14-33-24(21)23(32)22(28-31)20-9-12-27-30(20)16-5-2-1-3-6-16/h1-8,10-15,20H,9H2. The molecule has 8 nitrogen and oxygen atoms in total. The minimum absolute atomic E-state index is 0.121. The molecular weight excluding hydrogens is 423 g/mol. The highest BCUT2D eigenvalue weighted by molar-refractivity contribution is 5.76. The lowest BCUT2D eigenvalue weighted by Gasteiger charge is -2.23. The molecule has 162 valence electrons. The number of aromatic nitrogens is 4. The zero-order chi connectivity index (χ0) is 22.4. The van der Waals surface area contributed by atoms with E-state index in [0.717, 1.165) is 5.69 Å². The molecule has 0 aliphatic carbocycles. The molecule has 33 heavy (non-hydrogen) atoms. The maximum atomic E-state index is 15.3. The predicted octanol–water partition coefficient (Wildman–Crippen LogP) is 4.24. The summed E-state index contributed by atoms with van der Waals surface area (Å²) in [5, 5.41) is 14.9. The minimum Gasteiger partial charge on any atom is -0.458 e. The van der Waals surface area contributed by atoms with Gasteiger partial charge in [0.15, 0.2) is 5.82 Å². The Hall–Kier alpha value is -4.53. The summed E-state index contributed by atoms with van der Waals surface area (Å²) in [5.41, 5.74) is 2.01. The van der Waals surface area contributed by atoms with Crippen LogP contribution in [0.1, 0.15) is 18.2 Å². The number of hydrogen-bond acceptors (Lipinski definition) is 6. The van der Waals surface area contributed by atoms with Gasteiger partial charge in [-0.05, 0) is 30.3 Å². The first-order valence-corrected chi connectivity index (χ1v) is 10.4. The maximum absolute atomic E-state index is 15.3. The molecule has 1 atom stereocenters. The number of para-hydroxylation sites is 1. The molecule has 6 rings (SSSR count). The predicted molar refractivity (Wildman–Crippen MR) is 121 cm³/mol. The zero-order valence-electron chi connectivity index (χ0n) is 17.2. The summed E-state index contributed by atoms with van der Waals surface area (Å²) in [6, 6.07) is 17.2. The molecule has 0 bridgehead atoms. The lowest BCUT2D eigenvalue weighted by Crippen LogP contribution is -2.28. The second kappa shape index (κ2) is 7.56. The minimum atomic E-state index is -0.504. The normalized spacial score (nSPS) is 15.5. The van der Waals surface area contributed by atoms with Gasteiger partial charge < -0.3 is 4.42 Å². The van der Waals surface area contributed by atoms with Crippen LogP contribution in [0.5, 0.6) is 0 Å². The number of halogens is 1. The summed E-state index contributed by atoms with van der Waals surface area (Å²) in [7, 11) is 0. The summed E-state index contributed by atoms with van der Waals surface area (Å²) in [4.78, 5) is 13.3. The van der Waals surface area contributed by atoms with Crippen LogP contribution in [0.4, 0.5) is 10.1 Å². The van der Waals surface area contributed by atoms with Crippen LogP contribution in [-0.4, -0.2) is 25.8 Å². The van der Waals surface area contributed by atoms with Gasteiger partial charge in [0, 0.05) is 37.2 Å². The number of anilines is 1. The summed E-state index contributed by atoms with van der Waals surface area (Å²) >= 11 is 0. The smallest absolute Gasteiger partial charge is 0.248 e. The van der Waals surface area contributed by atoms with E-state index >= 15 is 4.39 Å². The third-order valence-corrected chi connectivity index (χ3v) is 5.61. The van der Waals surface area contributed by atoms with E-state index < -0.39 is 11.9 Å². The Bertz CT molecular complexity index is 1540. The third-order valence-electron chi connectivity index (χ3n) is 5.61. The molecule has 0 spiro atoms. The number of furan rings is 1. The van der Waals surface area contributed by atoms with E-state index in [0.29, 0.717) is 17.6 Å². The van der Waals surface area contributed by atoms with E-state index in [1.165, 1.54) is 17.0 Å². The summed E-state index contributed by atoms with van der Waals surface area (Å²) in [6.07, 6.45) is 7.00. The molecule has 0 fully saturated rings. The highest BCUT2D eigenvalue weighted by atomic mass is 19.1. The first-order valence-electron chi connectivity index (χ1n) is 10.4. The first-order chi connectivity index (χ1) is 16.2. The number of rotatable bonds is 4. The number of fused-ring (bicyclic) bond motifs is 1. The monoisotopic (exact) mass is 440 g/mol. The zero-order valence-corrected chi connectivity index (χ0v) is 17.2. The van der Waals surface area contributed by atoms with Crippen molar-refractivity contribution >= 4 is 23.0 Å². The van der Waals surface area contributed by atoms with E-state index in [-0.39, 0.29) is 22.4 Å². The van der Waals surface area contributed by atoms with Gasteiger partial charge in [-0.2, -0.15) is 15.3 Å². The van der Waals surface area contributed by atoms with Gasteiger partial charge in [0.25, 0.3) is 0 Å². The van der Waals surface area contributed by atoms with E-state index in [9.17, 15) is 4.79 Å². The molecule has 1 aliphatic rings. The van der Waals surface area contributed by atoms with Crippen molar-refractivity contribution in [3.05, 3.63) is 101 Å².